The molecule has 1 amide bonds. The van der Waals surface area contributed by atoms with Gasteiger partial charge in [0.2, 0.25) is 0 Å². The zero-order valence-corrected chi connectivity index (χ0v) is 17.1. The van der Waals surface area contributed by atoms with Crippen LogP contribution in [0.4, 0.5) is 0 Å². The average Bonchev–Trinajstić information content (AvgIpc) is 3.52. The van der Waals surface area contributed by atoms with Crippen molar-refractivity contribution in [2.75, 3.05) is 0 Å². The van der Waals surface area contributed by atoms with Gasteiger partial charge >= 0.3 is 0 Å². The molecule has 6 heteroatoms. The Labute approximate surface area is 177 Å². The molecule has 0 aliphatic rings. The van der Waals surface area contributed by atoms with Gasteiger partial charge in [0.05, 0.1) is 17.8 Å². The minimum atomic E-state index is -0.137. The summed E-state index contributed by atoms with van der Waals surface area (Å²) in [6, 6.07) is 18.3. The highest BCUT2D eigenvalue weighted by Gasteiger charge is 2.20. The van der Waals surface area contributed by atoms with Gasteiger partial charge in [0.25, 0.3) is 5.91 Å². The lowest BCUT2D eigenvalue weighted by molar-refractivity contribution is 0.0952. The van der Waals surface area contributed by atoms with Crippen LogP contribution in [0.2, 0.25) is 0 Å². The summed E-state index contributed by atoms with van der Waals surface area (Å²) in [6.07, 6.45) is 4.99. The number of thiophene rings is 1. The fourth-order valence-electron chi connectivity index (χ4n) is 3.60. The number of benzene rings is 1. The average molecular weight is 414 g/mol. The van der Waals surface area contributed by atoms with E-state index in [0.29, 0.717) is 17.8 Å². The molecular formula is C24H19N3O2S. The molecule has 0 saturated heterocycles. The highest BCUT2D eigenvalue weighted by atomic mass is 32.1. The lowest BCUT2D eigenvalue weighted by Gasteiger charge is -2.08. The highest BCUT2D eigenvalue weighted by Crippen LogP contribution is 2.30. The van der Waals surface area contributed by atoms with Gasteiger partial charge in [-0.1, -0.05) is 42.0 Å². The Morgan fingerprint density at radius 1 is 1.13 bits per heavy atom. The van der Waals surface area contributed by atoms with Crippen LogP contribution in [-0.2, 0) is 6.54 Å². The second-order valence-corrected chi connectivity index (χ2v) is 8.16. The van der Waals surface area contributed by atoms with Crippen molar-refractivity contribution < 1.29 is 9.21 Å². The van der Waals surface area contributed by atoms with Crippen LogP contribution in [0.25, 0.3) is 28.0 Å². The third-order valence-electron chi connectivity index (χ3n) is 5.04. The van der Waals surface area contributed by atoms with Gasteiger partial charge in [-0.3, -0.25) is 4.79 Å². The summed E-state index contributed by atoms with van der Waals surface area (Å²) in [6.45, 7) is 2.57. The Kier molecular flexibility index (Phi) is 4.69. The normalized spacial score (nSPS) is 11.1. The lowest BCUT2D eigenvalue weighted by atomic mass is 10.1. The first-order valence-corrected chi connectivity index (χ1v) is 10.5. The summed E-state index contributed by atoms with van der Waals surface area (Å²) in [4.78, 5) is 18.5. The summed E-state index contributed by atoms with van der Waals surface area (Å²) in [7, 11) is 0. The molecule has 0 radical (unpaired) electrons. The van der Waals surface area contributed by atoms with Crippen LogP contribution >= 0.6 is 11.3 Å². The second-order valence-electron chi connectivity index (χ2n) is 7.12. The van der Waals surface area contributed by atoms with Crippen LogP contribution in [-0.4, -0.2) is 15.3 Å². The van der Waals surface area contributed by atoms with Crippen LogP contribution in [0.3, 0.4) is 0 Å². The van der Waals surface area contributed by atoms with Gasteiger partial charge in [-0.2, -0.15) is 0 Å². The molecule has 4 aromatic heterocycles. The maximum absolute atomic E-state index is 13.0. The van der Waals surface area contributed by atoms with E-state index in [2.05, 4.69) is 41.5 Å². The number of nitrogens with one attached hydrogen (secondary N) is 1. The van der Waals surface area contributed by atoms with E-state index in [0.717, 1.165) is 27.2 Å². The largest absolute Gasteiger partial charge is 0.451 e. The van der Waals surface area contributed by atoms with Crippen LogP contribution < -0.4 is 5.32 Å². The Bertz CT molecular complexity index is 1320. The van der Waals surface area contributed by atoms with E-state index in [-0.39, 0.29) is 5.91 Å². The molecular weight excluding hydrogens is 394 g/mol. The number of carbonyl (C=O) groups excluding carboxylic acids is 1. The van der Waals surface area contributed by atoms with Crippen molar-refractivity contribution in [3.8, 4) is 22.5 Å². The van der Waals surface area contributed by atoms with E-state index in [4.69, 9.17) is 4.42 Å². The number of pyridine rings is 1. The number of amides is 1. The third-order valence-corrected chi connectivity index (χ3v) is 5.92. The SMILES string of the molecule is Cc1cccc(-c2ccc3cc(C(=O)NCc4cccs4)c(-c4cocn4)n3c2)c1. The number of oxazole rings is 1. The van der Waals surface area contributed by atoms with Crippen LogP contribution in [0, 0.1) is 6.92 Å². The van der Waals surface area contributed by atoms with Crippen LogP contribution in [0.5, 0.6) is 0 Å². The van der Waals surface area contributed by atoms with Crippen molar-refractivity contribution in [3.63, 3.8) is 0 Å². The minimum Gasteiger partial charge on any atom is -0.451 e. The van der Waals surface area contributed by atoms with Gasteiger partial charge in [-0.25, -0.2) is 4.98 Å². The molecule has 0 aliphatic heterocycles. The summed E-state index contributed by atoms with van der Waals surface area (Å²) < 4.78 is 7.23. The smallest absolute Gasteiger partial charge is 0.253 e. The van der Waals surface area contributed by atoms with E-state index in [1.165, 1.54) is 12.0 Å². The van der Waals surface area contributed by atoms with Crippen molar-refractivity contribution in [1.82, 2.24) is 14.7 Å². The molecule has 0 atom stereocenters. The van der Waals surface area contributed by atoms with E-state index in [9.17, 15) is 4.79 Å². The number of hydrogen-bond donors (Lipinski definition) is 1. The molecule has 1 N–H and O–H groups in total. The number of aromatic nitrogens is 2. The second kappa shape index (κ2) is 7.65. The van der Waals surface area contributed by atoms with Crippen molar-refractivity contribution in [3.05, 3.63) is 94.8 Å². The number of rotatable bonds is 5. The summed E-state index contributed by atoms with van der Waals surface area (Å²) in [5.41, 5.74) is 6.23. The topological polar surface area (TPSA) is 59.5 Å². The fraction of sp³-hybridized carbons (Fsp3) is 0.0833. The molecule has 4 heterocycles. The van der Waals surface area contributed by atoms with Crippen molar-refractivity contribution in [1.29, 1.82) is 0 Å². The summed E-state index contributed by atoms with van der Waals surface area (Å²) in [5.74, 6) is -0.137. The molecule has 1 aromatic carbocycles. The van der Waals surface area contributed by atoms with Gasteiger partial charge in [-0.05, 0) is 41.6 Å². The molecule has 0 bridgehead atoms. The first kappa shape index (κ1) is 18.4. The number of carbonyl (C=O) groups is 1. The molecule has 0 fully saturated rings. The van der Waals surface area contributed by atoms with Crippen molar-refractivity contribution in [2.45, 2.75) is 13.5 Å². The number of hydrogen-bond acceptors (Lipinski definition) is 4. The first-order valence-electron chi connectivity index (χ1n) is 9.60. The third kappa shape index (κ3) is 3.42. The molecule has 0 saturated carbocycles. The van der Waals surface area contributed by atoms with Gasteiger partial charge in [0, 0.05) is 16.6 Å². The standard InChI is InChI=1S/C24H19N3O2S/c1-16-4-2-5-17(10-16)18-7-8-19-11-21(24(28)25-12-20-6-3-9-30-20)23(27(19)13-18)22-14-29-15-26-22/h2-11,13-15H,12H2,1H3,(H,25,28). The van der Waals surface area contributed by atoms with Gasteiger partial charge < -0.3 is 14.1 Å². The minimum absolute atomic E-state index is 0.137. The van der Waals surface area contributed by atoms with Gasteiger partial charge in [0.15, 0.2) is 6.39 Å². The number of nitrogens with zero attached hydrogens (tertiary/aromatic N) is 2. The lowest BCUT2D eigenvalue weighted by Crippen LogP contribution is -2.22. The Balaban J connectivity index is 1.60. The monoisotopic (exact) mass is 413 g/mol. The Morgan fingerprint density at radius 3 is 2.83 bits per heavy atom. The van der Waals surface area contributed by atoms with E-state index >= 15 is 0 Å². The Morgan fingerprint density at radius 2 is 2.07 bits per heavy atom. The van der Waals surface area contributed by atoms with E-state index in [1.807, 2.05) is 46.3 Å². The van der Waals surface area contributed by atoms with E-state index < -0.39 is 0 Å². The van der Waals surface area contributed by atoms with Crippen LogP contribution in [0.15, 0.2) is 83.2 Å². The predicted molar refractivity (Wildman–Crippen MR) is 119 cm³/mol. The molecule has 0 spiro atoms. The van der Waals surface area contributed by atoms with Gasteiger partial charge in [-0.15, -0.1) is 11.3 Å². The van der Waals surface area contributed by atoms with Gasteiger partial charge in [0.1, 0.15) is 12.0 Å². The summed E-state index contributed by atoms with van der Waals surface area (Å²) in [5, 5.41) is 5.02. The number of fused-ring (bicyclic) bond motifs is 1. The highest BCUT2D eigenvalue weighted by molar-refractivity contribution is 7.09. The molecule has 30 heavy (non-hydrogen) atoms. The molecule has 148 valence electrons. The Hall–Kier alpha value is -3.64. The first-order chi connectivity index (χ1) is 14.7. The maximum atomic E-state index is 13.0. The molecule has 0 aliphatic carbocycles. The fourth-order valence-corrected chi connectivity index (χ4v) is 4.25. The van der Waals surface area contributed by atoms with E-state index in [1.54, 1.807) is 17.6 Å². The molecule has 0 unspecified atom stereocenters. The zero-order chi connectivity index (χ0) is 20.5. The van der Waals surface area contributed by atoms with Crippen LogP contribution in [0.1, 0.15) is 20.8 Å². The predicted octanol–water partition coefficient (Wildman–Crippen LogP) is 5.56. The quantitative estimate of drug-likeness (QED) is 0.410. The van der Waals surface area contributed by atoms with Crippen molar-refractivity contribution >= 4 is 22.8 Å². The molecule has 5 rings (SSSR count). The molecule has 5 aromatic rings. The number of aryl methyl sites for hydroxylation is 1. The maximum Gasteiger partial charge on any atom is 0.253 e. The zero-order valence-electron chi connectivity index (χ0n) is 16.3. The molecule has 5 nitrogen and oxygen atoms in total. The summed E-state index contributed by atoms with van der Waals surface area (Å²) >= 11 is 1.62. The van der Waals surface area contributed by atoms with Crippen molar-refractivity contribution in [2.24, 2.45) is 0 Å².